The predicted octanol–water partition coefficient (Wildman–Crippen LogP) is 4.46. The molecule has 0 bridgehead atoms. The number of fused-ring (bicyclic) bond motifs is 2. The van der Waals surface area contributed by atoms with Crippen molar-refractivity contribution < 1.29 is 4.39 Å². The molecule has 0 aliphatic heterocycles. The van der Waals surface area contributed by atoms with Crippen LogP contribution in [0.3, 0.4) is 0 Å². The summed E-state index contributed by atoms with van der Waals surface area (Å²) in [6.45, 7) is -0.407. The molecular formula is C15H11F. The van der Waals surface area contributed by atoms with E-state index in [0.29, 0.717) is 0 Å². The third-order valence-electron chi connectivity index (χ3n) is 2.98. The van der Waals surface area contributed by atoms with Crippen molar-refractivity contribution in [1.29, 1.82) is 0 Å². The number of halogens is 1. The summed E-state index contributed by atoms with van der Waals surface area (Å²) in [5, 5.41) is 4.49. The zero-order valence-corrected chi connectivity index (χ0v) is 8.78. The molecule has 0 heterocycles. The van der Waals surface area contributed by atoms with E-state index in [0.717, 1.165) is 21.7 Å². The SMILES string of the molecule is FCc1cccc2cc3ccccc3cc12. The van der Waals surface area contributed by atoms with Crippen molar-refractivity contribution in [2.75, 3.05) is 0 Å². The first-order valence-electron chi connectivity index (χ1n) is 5.35. The monoisotopic (exact) mass is 210 g/mol. The first-order chi connectivity index (χ1) is 7.88. The number of hydrogen-bond acceptors (Lipinski definition) is 0. The third-order valence-corrected chi connectivity index (χ3v) is 2.98. The molecule has 0 unspecified atom stereocenters. The Morgan fingerprint density at radius 2 is 1.44 bits per heavy atom. The molecule has 0 saturated heterocycles. The summed E-state index contributed by atoms with van der Waals surface area (Å²) >= 11 is 0. The topological polar surface area (TPSA) is 0 Å². The van der Waals surface area contributed by atoms with Gasteiger partial charge in [0.2, 0.25) is 0 Å². The van der Waals surface area contributed by atoms with Crippen LogP contribution < -0.4 is 0 Å². The lowest BCUT2D eigenvalue weighted by molar-refractivity contribution is 0.488. The molecule has 3 aromatic carbocycles. The molecule has 1 heteroatoms. The minimum absolute atomic E-state index is 0.407. The van der Waals surface area contributed by atoms with Crippen molar-refractivity contribution in [2.45, 2.75) is 6.67 Å². The van der Waals surface area contributed by atoms with Crippen LogP contribution in [0.4, 0.5) is 4.39 Å². The van der Waals surface area contributed by atoms with Crippen LogP contribution in [0.1, 0.15) is 5.56 Å². The summed E-state index contributed by atoms with van der Waals surface area (Å²) in [4.78, 5) is 0. The number of hydrogen-bond donors (Lipinski definition) is 0. The summed E-state index contributed by atoms with van der Waals surface area (Å²) < 4.78 is 12.9. The van der Waals surface area contributed by atoms with Gasteiger partial charge in [-0.3, -0.25) is 0 Å². The molecule has 0 atom stereocenters. The molecule has 0 nitrogen and oxygen atoms in total. The smallest absolute Gasteiger partial charge is 0.115 e. The van der Waals surface area contributed by atoms with Crippen LogP contribution in [-0.4, -0.2) is 0 Å². The average molecular weight is 210 g/mol. The van der Waals surface area contributed by atoms with Gasteiger partial charge in [0.15, 0.2) is 0 Å². The van der Waals surface area contributed by atoms with Gasteiger partial charge in [-0.1, -0.05) is 42.5 Å². The molecule has 78 valence electrons. The Bertz CT molecular complexity index is 656. The van der Waals surface area contributed by atoms with Gasteiger partial charge >= 0.3 is 0 Å². The Morgan fingerprint density at radius 1 is 0.750 bits per heavy atom. The summed E-state index contributed by atoms with van der Waals surface area (Å²) in [6, 6.07) is 18.1. The molecule has 0 aliphatic rings. The fraction of sp³-hybridized carbons (Fsp3) is 0.0667. The zero-order valence-electron chi connectivity index (χ0n) is 8.78. The van der Waals surface area contributed by atoms with Crippen LogP contribution in [0.25, 0.3) is 21.5 Å². The van der Waals surface area contributed by atoms with Crippen LogP contribution in [-0.2, 0) is 6.67 Å². The van der Waals surface area contributed by atoms with Crippen molar-refractivity contribution in [1.82, 2.24) is 0 Å². The Labute approximate surface area is 93.3 Å². The highest BCUT2D eigenvalue weighted by Gasteiger charge is 2.02. The molecule has 0 N–H and O–H groups in total. The number of rotatable bonds is 1. The highest BCUT2D eigenvalue weighted by Crippen LogP contribution is 2.25. The van der Waals surface area contributed by atoms with Crippen LogP contribution in [0.2, 0.25) is 0 Å². The Balaban J connectivity index is 2.46. The van der Waals surface area contributed by atoms with Gasteiger partial charge in [0, 0.05) is 0 Å². The maximum atomic E-state index is 12.9. The van der Waals surface area contributed by atoms with Crippen LogP contribution >= 0.6 is 0 Å². The molecule has 16 heavy (non-hydrogen) atoms. The standard InChI is InChI=1S/C15H11F/c16-10-14-7-3-6-13-8-11-4-1-2-5-12(11)9-15(13)14/h1-9H,10H2. The van der Waals surface area contributed by atoms with E-state index in [2.05, 4.69) is 24.3 Å². The van der Waals surface area contributed by atoms with Crippen LogP contribution in [0.5, 0.6) is 0 Å². The molecule has 0 spiro atoms. The molecule has 3 rings (SSSR count). The van der Waals surface area contributed by atoms with Crippen molar-refractivity contribution in [2.24, 2.45) is 0 Å². The maximum Gasteiger partial charge on any atom is 0.115 e. The Kier molecular flexibility index (Phi) is 2.10. The lowest BCUT2D eigenvalue weighted by Crippen LogP contribution is -1.83. The van der Waals surface area contributed by atoms with E-state index < -0.39 is 6.67 Å². The van der Waals surface area contributed by atoms with E-state index in [1.165, 1.54) is 5.39 Å². The van der Waals surface area contributed by atoms with Gasteiger partial charge < -0.3 is 0 Å². The molecule has 3 aromatic rings. The van der Waals surface area contributed by atoms with Gasteiger partial charge in [-0.25, -0.2) is 4.39 Å². The zero-order chi connectivity index (χ0) is 11.0. The second-order valence-electron chi connectivity index (χ2n) is 3.97. The number of alkyl halides is 1. The minimum Gasteiger partial charge on any atom is -0.246 e. The summed E-state index contributed by atoms with van der Waals surface area (Å²) in [5.74, 6) is 0. The minimum atomic E-state index is -0.407. The second-order valence-corrected chi connectivity index (χ2v) is 3.97. The first kappa shape index (κ1) is 9.34. The van der Waals surface area contributed by atoms with E-state index in [1.807, 2.05) is 30.3 Å². The van der Waals surface area contributed by atoms with Gasteiger partial charge in [0.05, 0.1) is 0 Å². The van der Waals surface area contributed by atoms with E-state index in [-0.39, 0.29) is 0 Å². The summed E-state index contributed by atoms with van der Waals surface area (Å²) in [6.07, 6.45) is 0. The van der Waals surface area contributed by atoms with Crippen LogP contribution in [0, 0.1) is 0 Å². The van der Waals surface area contributed by atoms with Crippen molar-refractivity contribution in [3.05, 3.63) is 60.2 Å². The fourth-order valence-electron chi connectivity index (χ4n) is 2.15. The van der Waals surface area contributed by atoms with E-state index >= 15 is 0 Å². The third kappa shape index (κ3) is 1.36. The molecule has 0 amide bonds. The van der Waals surface area contributed by atoms with Crippen molar-refractivity contribution in [3.8, 4) is 0 Å². The first-order valence-corrected chi connectivity index (χ1v) is 5.35. The second kappa shape index (κ2) is 3.60. The Hall–Kier alpha value is -1.89. The van der Waals surface area contributed by atoms with Gasteiger partial charge in [0.25, 0.3) is 0 Å². The summed E-state index contributed by atoms with van der Waals surface area (Å²) in [5.41, 5.74) is 0.767. The van der Waals surface area contributed by atoms with Gasteiger partial charge in [-0.15, -0.1) is 0 Å². The quantitative estimate of drug-likeness (QED) is 0.520. The average Bonchev–Trinajstić information content (AvgIpc) is 2.35. The highest BCUT2D eigenvalue weighted by molar-refractivity contribution is 5.99. The van der Waals surface area contributed by atoms with Gasteiger partial charge in [0.1, 0.15) is 6.67 Å². The van der Waals surface area contributed by atoms with Crippen molar-refractivity contribution >= 4 is 21.5 Å². The van der Waals surface area contributed by atoms with Crippen LogP contribution in [0.15, 0.2) is 54.6 Å². The van der Waals surface area contributed by atoms with E-state index in [4.69, 9.17) is 0 Å². The maximum absolute atomic E-state index is 12.9. The summed E-state index contributed by atoms with van der Waals surface area (Å²) in [7, 11) is 0. The molecule has 0 radical (unpaired) electrons. The molecule has 0 aromatic heterocycles. The fourth-order valence-corrected chi connectivity index (χ4v) is 2.15. The number of benzene rings is 3. The normalized spacial score (nSPS) is 11.1. The van der Waals surface area contributed by atoms with Crippen molar-refractivity contribution in [3.63, 3.8) is 0 Å². The van der Waals surface area contributed by atoms with E-state index in [1.54, 1.807) is 0 Å². The lowest BCUT2D eigenvalue weighted by atomic mass is 10.0. The lowest BCUT2D eigenvalue weighted by Gasteiger charge is -2.05. The van der Waals surface area contributed by atoms with Gasteiger partial charge in [-0.05, 0) is 39.2 Å². The predicted molar refractivity (Wildman–Crippen MR) is 66.3 cm³/mol. The molecular weight excluding hydrogens is 199 g/mol. The highest BCUT2D eigenvalue weighted by atomic mass is 19.1. The molecule has 0 aliphatic carbocycles. The van der Waals surface area contributed by atoms with E-state index in [9.17, 15) is 4.39 Å². The molecule has 0 saturated carbocycles. The largest absolute Gasteiger partial charge is 0.246 e. The Morgan fingerprint density at radius 3 is 2.19 bits per heavy atom. The molecule has 0 fully saturated rings. The van der Waals surface area contributed by atoms with Gasteiger partial charge in [-0.2, -0.15) is 0 Å².